The molecule has 2 bridgehead atoms. The average Bonchev–Trinajstić information content (AvgIpc) is 2.91. The molecule has 0 aromatic heterocycles. The third-order valence-electron chi connectivity index (χ3n) is 5.11. The predicted molar refractivity (Wildman–Crippen MR) is 84.8 cm³/mol. The van der Waals surface area contributed by atoms with E-state index < -0.39 is 23.8 Å². The zero-order valence-corrected chi connectivity index (χ0v) is 13.8. The van der Waals surface area contributed by atoms with Gasteiger partial charge in [0.25, 0.3) is 0 Å². The van der Waals surface area contributed by atoms with Gasteiger partial charge in [-0.25, -0.2) is 0 Å². The summed E-state index contributed by atoms with van der Waals surface area (Å²) in [5.74, 6) is -3.37. The quantitative estimate of drug-likeness (QED) is 0.609. The number of nitrogens with zero attached hydrogens (tertiary/aromatic N) is 1. The van der Waals surface area contributed by atoms with Crippen molar-refractivity contribution in [2.45, 2.75) is 31.5 Å². The van der Waals surface area contributed by atoms with Gasteiger partial charge >= 0.3 is 11.9 Å². The number of hydrogen-bond donors (Lipinski definition) is 0. The minimum atomic E-state index is -0.929. The maximum atomic E-state index is 12.8. The molecule has 2 aliphatic rings. The van der Waals surface area contributed by atoms with E-state index in [0.717, 1.165) is 5.56 Å². The van der Waals surface area contributed by atoms with E-state index in [-0.39, 0.29) is 17.9 Å². The van der Waals surface area contributed by atoms with Crippen molar-refractivity contribution in [2.75, 3.05) is 14.2 Å². The number of hydrogen-bond acceptors (Lipinski definition) is 6. The first-order chi connectivity index (χ1) is 11.6. The van der Waals surface area contributed by atoms with Crippen molar-refractivity contribution < 1.29 is 23.9 Å². The van der Waals surface area contributed by atoms with Crippen LogP contribution in [0.4, 0.5) is 0 Å². The molecule has 4 unspecified atom stereocenters. The Hall–Kier alpha value is -2.21. The predicted octanol–water partition coefficient (Wildman–Crippen LogP) is 1.18. The number of fused-ring (bicyclic) bond motifs is 2. The van der Waals surface area contributed by atoms with E-state index in [2.05, 4.69) is 4.90 Å². The van der Waals surface area contributed by atoms with E-state index in [1.54, 1.807) is 0 Å². The Kier molecular flexibility index (Phi) is 4.66. The van der Waals surface area contributed by atoms with Gasteiger partial charge < -0.3 is 9.47 Å². The summed E-state index contributed by atoms with van der Waals surface area (Å²) < 4.78 is 9.66. The van der Waals surface area contributed by atoms with E-state index in [0.29, 0.717) is 19.4 Å². The molecule has 2 heterocycles. The number of methoxy groups -OCH3 is 2. The third kappa shape index (κ3) is 2.71. The number of benzene rings is 1. The van der Waals surface area contributed by atoms with Gasteiger partial charge in [0.15, 0.2) is 5.78 Å². The van der Waals surface area contributed by atoms with Crippen LogP contribution in [-0.4, -0.2) is 48.9 Å². The summed E-state index contributed by atoms with van der Waals surface area (Å²) in [5, 5.41) is 0. The molecule has 0 saturated carbocycles. The lowest BCUT2D eigenvalue weighted by Gasteiger charge is -2.41. The van der Waals surface area contributed by atoms with Gasteiger partial charge in [-0.1, -0.05) is 30.3 Å². The summed E-state index contributed by atoms with van der Waals surface area (Å²) in [6.07, 6.45) is 1.38. The van der Waals surface area contributed by atoms with Gasteiger partial charge in [0.05, 0.1) is 14.2 Å². The zero-order valence-electron chi connectivity index (χ0n) is 13.8. The maximum absolute atomic E-state index is 12.8. The zero-order chi connectivity index (χ0) is 17.3. The first kappa shape index (κ1) is 16.6. The number of carbonyl (C=O) groups is 3. The molecule has 0 spiro atoms. The third-order valence-corrected chi connectivity index (χ3v) is 5.11. The van der Waals surface area contributed by atoms with Crippen LogP contribution < -0.4 is 0 Å². The van der Waals surface area contributed by atoms with E-state index in [1.165, 1.54) is 14.2 Å². The highest BCUT2D eigenvalue weighted by molar-refractivity contribution is 6.10. The number of ketones is 1. The SMILES string of the molecule is COC(=O)C1C(=O)C(C(=O)OC)C2CCC1N2Cc1ccccc1. The first-order valence-corrected chi connectivity index (χ1v) is 8.07. The second-order valence-electron chi connectivity index (χ2n) is 6.27. The molecule has 24 heavy (non-hydrogen) atoms. The number of carbonyl (C=O) groups excluding carboxylic acids is 3. The van der Waals surface area contributed by atoms with Gasteiger partial charge in [-0.2, -0.15) is 0 Å². The Morgan fingerprint density at radius 2 is 1.50 bits per heavy atom. The molecule has 128 valence electrons. The maximum Gasteiger partial charge on any atom is 0.317 e. The molecule has 2 aliphatic heterocycles. The molecule has 0 radical (unpaired) electrons. The fraction of sp³-hybridized carbons (Fsp3) is 0.500. The summed E-state index contributed by atoms with van der Waals surface area (Å²) in [6.45, 7) is 0.588. The van der Waals surface area contributed by atoms with Gasteiger partial charge in [-0.05, 0) is 18.4 Å². The lowest BCUT2D eigenvalue weighted by atomic mass is 9.81. The Bertz CT molecular complexity index is 610. The number of esters is 2. The molecule has 4 atom stereocenters. The normalized spacial score (nSPS) is 29.3. The lowest BCUT2D eigenvalue weighted by molar-refractivity contribution is -0.164. The Morgan fingerprint density at radius 3 is 1.96 bits per heavy atom. The second-order valence-corrected chi connectivity index (χ2v) is 6.27. The van der Waals surface area contributed by atoms with Crippen LogP contribution in [0, 0.1) is 11.8 Å². The molecular formula is C18H21NO5. The molecule has 6 heteroatoms. The average molecular weight is 331 g/mol. The van der Waals surface area contributed by atoms with Crippen LogP contribution in [0.5, 0.6) is 0 Å². The van der Waals surface area contributed by atoms with Crippen LogP contribution in [0.2, 0.25) is 0 Å². The summed E-state index contributed by atoms with van der Waals surface area (Å²) in [4.78, 5) is 39.2. The number of ether oxygens (including phenoxy) is 2. The van der Waals surface area contributed by atoms with E-state index in [1.807, 2.05) is 30.3 Å². The summed E-state index contributed by atoms with van der Waals surface area (Å²) in [5.41, 5.74) is 1.08. The molecule has 0 aliphatic carbocycles. The van der Waals surface area contributed by atoms with Gasteiger partial charge in [0.2, 0.25) is 0 Å². The van der Waals surface area contributed by atoms with Crippen molar-refractivity contribution in [3.63, 3.8) is 0 Å². The first-order valence-electron chi connectivity index (χ1n) is 8.07. The van der Waals surface area contributed by atoms with E-state index in [9.17, 15) is 14.4 Å². The minimum Gasteiger partial charge on any atom is -0.468 e. The highest BCUT2D eigenvalue weighted by atomic mass is 16.5. The number of rotatable bonds is 4. The van der Waals surface area contributed by atoms with Gasteiger partial charge in [0, 0.05) is 18.6 Å². The van der Waals surface area contributed by atoms with Crippen molar-refractivity contribution in [3.8, 4) is 0 Å². The van der Waals surface area contributed by atoms with Gasteiger partial charge in [-0.3, -0.25) is 19.3 Å². The molecule has 2 saturated heterocycles. The molecular weight excluding hydrogens is 310 g/mol. The largest absolute Gasteiger partial charge is 0.468 e. The fourth-order valence-corrected chi connectivity index (χ4v) is 4.04. The monoisotopic (exact) mass is 331 g/mol. The van der Waals surface area contributed by atoms with Crippen LogP contribution in [0.1, 0.15) is 18.4 Å². The van der Waals surface area contributed by atoms with Crippen LogP contribution >= 0.6 is 0 Å². The van der Waals surface area contributed by atoms with Crippen LogP contribution in [0.25, 0.3) is 0 Å². The number of Topliss-reactive ketones (excluding diaryl/α,β-unsaturated/α-hetero) is 1. The Balaban J connectivity index is 1.95. The van der Waals surface area contributed by atoms with Crippen molar-refractivity contribution >= 4 is 17.7 Å². The summed E-state index contributed by atoms with van der Waals surface area (Å²) >= 11 is 0. The Labute approximate surface area is 140 Å². The molecule has 1 aromatic carbocycles. The topological polar surface area (TPSA) is 72.9 Å². The highest BCUT2D eigenvalue weighted by Gasteiger charge is 2.57. The Morgan fingerprint density at radius 1 is 1.00 bits per heavy atom. The minimum absolute atomic E-state index is 0.226. The van der Waals surface area contributed by atoms with E-state index >= 15 is 0 Å². The lowest BCUT2D eigenvalue weighted by Crippen LogP contribution is -2.58. The van der Waals surface area contributed by atoms with Gasteiger partial charge in [0.1, 0.15) is 11.8 Å². The summed E-state index contributed by atoms with van der Waals surface area (Å²) in [6, 6.07) is 9.37. The second kappa shape index (κ2) is 6.73. The molecule has 6 nitrogen and oxygen atoms in total. The van der Waals surface area contributed by atoms with E-state index in [4.69, 9.17) is 9.47 Å². The molecule has 2 fully saturated rings. The summed E-state index contributed by atoms with van der Waals surface area (Å²) in [7, 11) is 2.54. The van der Waals surface area contributed by atoms with Crippen molar-refractivity contribution in [2.24, 2.45) is 11.8 Å². The number of piperidine rings is 1. The highest BCUT2D eigenvalue weighted by Crippen LogP contribution is 2.42. The van der Waals surface area contributed by atoms with Crippen molar-refractivity contribution in [1.29, 1.82) is 0 Å². The smallest absolute Gasteiger partial charge is 0.317 e. The van der Waals surface area contributed by atoms with Crippen LogP contribution in [-0.2, 0) is 30.4 Å². The molecule has 0 amide bonds. The van der Waals surface area contributed by atoms with Crippen molar-refractivity contribution in [1.82, 2.24) is 4.90 Å². The van der Waals surface area contributed by atoms with Crippen LogP contribution in [0.15, 0.2) is 30.3 Å². The van der Waals surface area contributed by atoms with Gasteiger partial charge in [-0.15, -0.1) is 0 Å². The van der Waals surface area contributed by atoms with Crippen LogP contribution in [0.3, 0.4) is 0 Å². The fourth-order valence-electron chi connectivity index (χ4n) is 4.04. The molecule has 1 aromatic rings. The molecule has 0 N–H and O–H groups in total. The van der Waals surface area contributed by atoms with Crippen molar-refractivity contribution in [3.05, 3.63) is 35.9 Å². The molecule has 3 rings (SSSR count). The standard InChI is InChI=1S/C18H21NO5/c1-23-17(21)14-12-8-9-13(15(16(14)20)18(22)24-2)19(12)10-11-6-4-3-5-7-11/h3-7,12-15H,8-10H2,1-2H3.